The molecule has 1 aromatic rings. The number of hydrazine groups is 1. The highest BCUT2D eigenvalue weighted by Crippen LogP contribution is 2.22. The largest absolute Gasteiger partial charge is 0.271 e. The van der Waals surface area contributed by atoms with Gasteiger partial charge in [0.15, 0.2) is 0 Å². The fourth-order valence-electron chi connectivity index (χ4n) is 1.26. The van der Waals surface area contributed by atoms with Gasteiger partial charge in [0.2, 0.25) is 0 Å². The third-order valence-corrected chi connectivity index (χ3v) is 2.97. The molecule has 0 saturated heterocycles. The van der Waals surface area contributed by atoms with Crippen LogP contribution in [0.1, 0.15) is 30.2 Å². The minimum atomic E-state index is 0.306. The van der Waals surface area contributed by atoms with Gasteiger partial charge in [-0.15, -0.1) is 17.9 Å². The topological polar surface area (TPSA) is 38.0 Å². The van der Waals surface area contributed by atoms with Crippen molar-refractivity contribution in [1.29, 1.82) is 0 Å². The van der Waals surface area contributed by atoms with Crippen LogP contribution in [-0.4, -0.2) is 0 Å². The zero-order chi connectivity index (χ0) is 9.52. The predicted molar refractivity (Wildman–Crippen MR) is 58.4 cm³/mol. The van der Waals surface area contributed by atoms with Crippen molar-refractivity contribution in [3.05, 3.63) is 35.0 Å². The van der Waals surface area contributed by atoms with E-state index in [-0.39, 0.29) is 0 Å². The van der Waals surface area contributed by atoms with E-state index in [0.29, 0.717) is 6.04 Å². The van der Waals surface area contributed by atoms with Gasteiger partial charge < -0.3 is 0 Å². The Hall–Kier alpha value is -0.640. The van der Waals surface area contributed by atoms with Gasteiger partial charge in [-0.25, -0.2) is 0 Å². The molecule has 0 amide bonds. The molecule has 1 rings (SSSR count). The zero-order valence-electron chi connectivity index (χ0n) is 7.70. The summed E-state index contributed by atoms with van der Waals surface area (Å²) in [5.74, 6) is 5.48. The van der Waals surface area contributed by atoms with Crippen LogP contribution in [0.2, 0.25) is 0 Å². The van der Waals surface area contributed by atoms with E-state index < -0.39 is 0 Å². The van der Waals surface area contributed by atoms with Gasteiger partial charge in [0.05, 0.1) is 6.04 Å². The van der Waals surface area contributed by atoms with Gasteiger partial charge in [0, 0.05) is 4.88 Å². The lowest BCUT2D eigenvalue weighted by Crippen LogP contribution is -2.27. The molecule has 1 atom stereocenters. The molecule has 0 aliphatic rings. The summed E-state index contributed by atoms with van der Waals surface area (Å²) in [7, 11) is 0. The number of nitrogens with two attached hydrogens (primary N) is 1. The maximum atomic E-state index is 5.48. The standard InChI is InChI=1S/C10H16N2S/c1-2-3-4-6-9(12-11)10-7-5-8-13-10/h2,5,7-9,12H,1,3-4,6,11H2. The smallest absolute Gasteiger partial charge is 0.0553 e. The van der Waals surface area contributed by atoms with E-state index in [2.05, 4.69) is 29.5 Å². The molecular weight excluding hydrogens is 180 g/mol. The lowest BCUT2D eigenvalue weighted by atomic mass is 10.1. The maximum Gasteiger partial charge on any atom is 0.0553 e. The highest BCUT2D eigenvalue weighted by molar-refractivity contribution is 7.10. The van der Waals surface area contributed by atoms with Crippen molar-refractivity contribution < 1.29 is 0 Å². The van der Waals surface area contributed by atoms with Crippen molar-refractivity contribution in [3.63, 3.8) is 0 Å². The molecule has 1 heterocycles. The molecule has 3 N–H and O–H groups in total. The molecule has 0 spiro atoms. The lowest BCUT2D eigenvalue weighted by Gasteiger charge is -2.12. The Morgan fingerprint density at radius 1 is 1.69 bits per heavy atom. The first kappa shape index (κ1) is 10.4. The number of hydrogen-bond acceptors (Lipinski definition) is 3. The van der Waals surface area contributed by atoms with Crippen LogP contribution in [0.15, 0.2) is 30.2 Å². The van der Waals surface area contributed by atoms with E-state index in [4.69, 9.17) is 5.84 Å². The van der Waals surface area contributed by atoms with Gasteiger partial charge in [0.1, 0.15) is 0 Å². The van der Waals surface area contributed by atoms with Crippen LogP contribution in [0.4, 0.5) is 0 Å². The number of allylic oxidation sites excluding steroid dienone is 1. The number of thiophene rings is 1. The van der Waals surface area contributed by atoms with Gasteiger partial charge in [-0.1, -0.05) is 12.1 Å². The van der Waals surface area contributed by atoms with E-state index in [1.807, 2.05) is 6.08 Å². The van der Waals surface area contributed by atoms with E-state index in [1.165, 1.54) is 4.88 Å². The summed E-state index contributed by atoms with van der Waals surface area (Å²) in [5.41, 5.74) is 2.84. The Balaban J connectivity index is 2.39. The minimum Gasteiger partial charge on any atom is -0.271 e. The highest BCUT2D eigenvalue weighted by atomic mass is 32.1. The Morgan fingerprint density at radius 2 is 2.54 bits per heavy atom. The first-order valence-corrected chi connectivity index (χ1v) is 5.37. The number of rotatable bonds is 6. The quantitative estimate of drug-likeness (QED) is 0.318. The summed E-state index contributed by atoms with van der Waals surface area (Å²) >= 11 is 1.75. The zero-order valence-corrected chi connectivity index (χ0v) is 8.52. The van der Waals surface area contributed by atoms with Crippen molar-refractivity contribution in [3.8, 4) is 0 Å². The first-order valence-electron chi connectivity index (χ1n) is 4.49. The molecule has 0 fully saturated rings. The molecular formula is C10H16N2S. The summed E-state index contributed by atoms with van der Waals surface area (Å²) in [6, 6.07) is 4.47. The summed E-state index contributed by atoms with van der Waals surface area (Å²) in [6.07, 6.45) is 5.21. The van der Waals surface area contributed by atoms with Gasteiger partial charge in [-0.3, -0.25) is 11.3 Å². The van der Waals surface area contributed by atoms with Gasteiger partial charge in [-0.2, -0.15) is 0 Å². The monoisotopic (exact) mass is 196 g/mol. The van der Waals surface area contributed by atoms with Crippen LogP contribution >= 0.6 is 11.3 Å². The highest BCUT2D eigenvalue weighted by Gasteiger charge is 2.08. The average Bonchev–Trinajstić information content (AvgIpc) is 2.65. The molecule has 0 aliphatic heterocycles. The van der Waals surface area contributed by atoms with Crippen molar-refractivity contribution in [1.82, 2.24) is 5.43 Å². The Bertz CT molecular complexity index is 231. The molecule has 2 nitrogen and oxygen atoms in total. The van der Waals surface area contributed by atoms with Gasteiger partial charge in [-0.05, 0) is 30.7 Å². The fraction of sp³-hybridized carbons (Fsp3) is 0.400. The third kappa shape index (κ3) is 3.30. The molecule has 1 unspecified atom stereocenters. The van der Waals surface area contributed by atoms with Crippen LogP contribution < -0.4 is 11.3 Å². The summed E-state index contributed by atoms with van der Waals surface area (Å²) < 4.78 is 0. The number of unbranched alkanes of at least 4 members (excludes halogenated alkanes) is 1. The Morgan fingerprint density at radius 3 is 3.08 bits per heavy atom. The van der Waals surface area contributed by atoms with Crippen molar-refractivity contribution >= 4 is 11.3 Å². The third-order valence-electron chi connectivity index (χ3n) is 1.99. The van der Waals surface area contributed by atoms with Crippen LogP contribution in [-0.2, 0) is 0 Å². The SMILES string of the molecule is C=CCCCC(NN)c1cccs1. The summed E-state index contributed by atoms with van der Waals surface area (Å²) in [6.45, 7) is 3.70. The average molecular weight is 196 g/mol. The van der Waals surface area contributed by atoms with E-state index in [9.17, 15) is 0 Å². The normalized spacial score (nSPS) is 12.7. The molecule has 13 heavy (non-hydrogen) atoms. The molecule has 0 aromatic carbocycles. The Kier molecular flexibility index (Phi) is 4.75. The van der Waals surface area contributed by atoms with Crippen LogP contribution in [0.3, 0.4) is 0 Å². The molecule has 0 bridgehead atoms. The number of hydrogen-bond donors (Lipinski definition) is 2. The minimum absolute atomic E-state index is 0.306. The van der Waals surface area contributed by atoms with Crippen LogP contribution in [0, 0.1) is 0 Å². The second kappa shape index (κ2) is 5.91. The van der Waals surface area contributed by atoms with Crippen LogP contribution in [0.5, 0.6) is 0 Å². The molecule has 0 aliphatic carbocycles. The molecule has 0 saturated carbocycles. The lowest BCUT2D eigenvalue weighted by molar-refractivity contribution is 0.508. The van der Waals surface area contributed by atoms with Crippen molar-refractivity contribution in [2.75, 3.05) is 0 Å². The van der Waals surface area contributed by atoms with Crippen LogP contribution in [0.25, 0.3) is 0 Å². The Labute approximate surface area is 83.4 Å². The predicted octanol–water partition coefficient (Wildman–Crippen LogP) is 2.61. The summed E-state index contributed by atoms with van der Waals surface area (Å²) in [4.78, 5) is 1.31. The summed E-state index contributed by atoms with van der Waals surface area (Å²) in [5, 5.41) is 2.08. The fourth-order valence-corrected chi connectivity index (χ4v) is 2.09. The van der Waals surface area contributed by atoms with E-state index in [1.54, 1.807) is 11.3 Å². The van der Waals surface area contributed by atoms with E-state index in [0.717, 1.165) is 19.3 Å². The molecule has 3 heteroatoms. The van der Waals surface area contributed by atoms with E-state index >= 15 is 0 Å². The first-order chi connectivity index (χ1) is 6.38. The molecule has 1 aromatic heterocycles. The van der Waals surface area contributed by atoms with Gasteiger partial charge >= 0.3 is 0 Å². The molecule has 0 radical (unpaired) electrons. The second-order valence-corrected chi connectivity index (χ2v) is 3.93. The van der Waals surface area contributed by atoms with Crippen molar-refractivity contribution in [2.24, 2.45) is 5.84 Å². The second-order valence-electron chi connectivity index (χ2n) is 2.95. The molecule has 72 valence electrons. The van der Waals surface area contributed by atoms with Gasteiger partial charge in [0.25, 0.3) is 0 Å². The number of nitrogens with one attached hydrogen (secondary N) is 1. The maximum absolute atomic E-state index is 5.48. The van der Waals surface area contributed by atoms with Crippen molar-refractivity contribution in [2.45, 2.75) is 25.3 Å².